The van der Waals surface area contributed by atoms with E-state index in [9.17, 15) is 0 Å². The smallest absolute Gasteiger partial charge is 0.125 e. The molecular weight excluding hydrogens is 316 g/mol. The van der Waals surface area contributed by atoms with Gasteiger partial charge in [0, 0.05) is 19.5 Å². The highest BCUT2D eigenvalue weighted by Gasteiger charge is 2.13. The molecule has 1 aliphatic heterocycles. The predicted molar refractivity (Wildman–Crippen MR) is 92.4 cm³/mol. The molecule has 0 N–H and O–H groups in total. The molecule has 0 bridgehead atoms. The van der Waals surface area contributed by atoms with Gasteiger partial charge < -0.3 is 9.64 Å². The standard InChI is InChI=1S/C14H21BrN2O.C2H6/c1-3-5-7-13(15)16-14(8-6-4-2)17-9-11-18-12-10-17;1-2/h3-5,8H,2,6-7,9-12H2,1H3;1-2H3/b5-3-,14-8+,16-13+;. The molecule has 0 aromatic carbocycles. The lowest BCUT2D eigenvalue weighted by molar-refractivity contribution is 0.0530. The van der Waals surface area contributed by atoms with Gasteiger partial charge in [-0.15, -0.1) is 6.58 Å². The zero-order valence-corrected chi connectivity index (χ0v) is 14.5. The molecule has 0 saturated carbocycles. The van der Waals surface area contributed by atoms with Crippen molar-refractivity contribution in [3.63, 3.8) is 0 Å². The van der Waals surface area contributed by atoms with Crippen molar-refractivity contribution < 1.29 is 4.74 Å². The maximum absolute atomic E-state index is 5.36. The topological polar surface area (TPSA) is 24.8 Å². The number of morpholine rings is 1. The summed E-state index contributed by atoms with van der Waals surface area (Å²) >= 11 is 3.51. The Kier molecular flexibility index (Phi) is 12.6. The molecule has 1 heterocycles. The minimum absolute atomic E-state index is 0.771. The third-order valence-corrected chi connectivity index (χ3v) is 3.06. The quantitative estimate of drug-likeness (QED) is 0.523. The van der Waals surface area contributed by atoms with Gasteiger partial charge in [0.25, 0.3) is 0 Å². The van der Waals surface area contributed by atoms with Gasteiger partial charge in [-0.05, 0) is 35.4 Å². The third kappa shape index (κ3) is 8.33. The van der Waals surface area contributed by atoms with E-state index < -0.39 is 0 Å². The molecule has 1 aliphatic rings. The summed E-state index contributed by atoms with van der Waals surface area (Å²) in [7, 11) is 0. The van der Waals surface area contributed by atoms with Crippen LogP contribution in [0.1, 0.15) is 33.6 Å². The van der Waals surface area contributed by atoms with Crippen LogP contribution in [0, 0.1) is 0 Å². The molecule has 0 aromatic heterocycles. The maximum atomic E-state index is 5.36. The van der Waals surface area contributed by atoms with Crippen LogP contribution in [-0.2, 0) is 4.74 Å². The van der Waals surface area contributed by atoms with Crippen LogP contribution in [0.2, 0.25) is 0 Å². The van der Waals surface area contributed by atoms with Crippen molar-refractivity contribution in [2.24, 2.45) is 4.99 Å². The average molecular weight is 343 g/mol. The van der Waals surface area contributed by atoms with Gasteiger partial charge in [-0.1, -0.05) is 32.1 Å². The highest BCUT2D eigenvalue weighted by molar-refractivity contribution is 9.18. The largest absolute Gasteiger partial charge is 0.378 e. The molecule has 0 spiro atoms. The molecule has 20 heavy (non-hydrogen) atoms. The fraction of sp³-hybridized carbons (Fsp3) is 0.562. The van der Waals surface area contributed by atoms with E-state index in [1.54, 1.807) is 0 Å². The SMILES string of the molecule is C=CC/C=C(\N=C(\Br)C/C=C\C)N1CCOCC1.CC. The normalized spacial score (nSPS) is 16.9. The van der Waals surface area contributed by atoms with E-state index in [-0.39, 0.29) is 0 Å². The highest BCUT2D eigenvalue weighted by Crippen LogP contribution is 2.13. The Morgan fingerprint density at radius 1 is 1.35 bits per heavy atom. The van der Waals surface area contributed by atoms with Crippen LogP contribution in [-0.4, -0.2) is 35.8 Å². The van der Waals surface area contributed by atoms with E-state index >= 15 is 0 Å². The second-order valence-corrected chi connectivity index (χ2v) is 4.86. The summed E-state index contributed by atoms with van der Waals surface area (Å²) in [5.74, 6) is 1.01. The molecule has 114 valence electrons. The number of ether oxygens (including phenoxy) is 1. The fourth-order valence-electron chi connectivity index (χ4n) is 1.61. The molecule has 0 unspecified atom stereocenters. The van der Waals surface area contributed by atoms with Crippen molar-refractivity contribution in [1.29, 1.82) is 0 Å². The van der Waals surface area contributed by atoms with Crippen LogP contribution in [0.15, 0.2) is 41.7 Å². The van der Waals surface area contributed by atoms with Crippen molar-refractivity contribution in [3.05, 3.63) is 36.7 Å². The summed E-state index contributed by atoms with van der Waals surface area (Å²) in [6.45, 7) is 13.1. The van der Waals surface area contributed by atoms with Gasteiger partial charge in [0.15, 0.2) is 0 Å². The minimum Gasteiger partial charge on any atom is -0.378 e. The van der Waals surface area contributed by atoms with Gasteiger partial charge in [-0.25, -0.2) is 4.99 Å². The summed E-state index contributed by atoms with van der Waals surface area (Å²) in [6.07, 6.45) is 9.76. The molecule has 0 atom stereocenters. The highest BCUT2D eigenvalue weighted by atomic mass is 79.9. The first-order valence-corrected chi connectivity index (χ1v) is 8.05. The number of nitrogens with zero attached hydrogens (tertiary/aromatic N) is 2. The molecule has 0 radical (unpaired) electrons. The molecule has 3 nitrogen and oxygen atoms in total. The Morgan fingerprint density at radius 2 is 2.00 bits per heavy atom. The summed E-state index contributed by atoms with van der Waals surface area (Å²) in [5.41, 5.74) is 0. The first-order chi connectivity index (χ1) is 9.77. The van der Waals surface area contributed by atoms with Crippen LogP contribution in [0.3, 0.4) is 0 Å². The van der Waals surface area contributed by atoms with Crippen molar-refractivity contribution in [3.8, 4) is 0 Å². The monoisotopic (exact) mass is 342 g/mol. The zero-order valence-electron chi connectivity index (χ0n) is 12.9. The van der Waals surface area contributed by atoms with Gasteiger partial charge in [0.2, 0.25) is 0 Å². The van der Waals surface area contributed by atoms with E-state index in [2.05, 4.69) is 44.6 Å². The second kappa shape index (κ2) is 13.1. The van der Waals surface area contributed by atoms with Crippen LogP contribution >= 0.6 is 15.9 Å². The van der Waals surface area contributed by atoms with Crippen LogP contribution in [0.4, 0.5) is 0 Å². The van der Waals surface area contributed by atoms with E-state index in [0.717, 1.165) is 49.6 Å². The third-order valence-electron chi connectivity index (χ3n) is 2.56. The number of hydrogen-bond donors (Lipinski definition) is 0. The van der Waals surface area contributed by atoms with E-state index in [0.29, 0.717) is 0 Å². The lowest BCUT2D eigenvalue weighted by atomic mass is 10.3. The molecule has 0 aliphatic carbocycles. The van der Waals surface area contributed by atoms with Gasteiger partial charge in [-0.2, -0.15) is 0 Å². The number of hydrogen-bond acceptors (Lipinski definition) is 3. The second-order valence-electron chi connectivity index (χ2n) is 3.95. The van der Waals surface area contributed by atoms with Crippen LogP contribution < -0.4 is 0 Å². The first-order valence-electron chi connectivity index (χ1n) is 7.26. The Labute approximate surface area is 132 Å². The lowest BCUT2D eigenvalue weighted by Gasteiger charge is -2.29. The zero-order chi connectivity index (χ0) is 15.2. The molecular formula is C16H27BrN2O. The molecule has 1 fully saturated rings. The van der Waals surface area contributed by atoms with Gasteiger partial charge in [0.05, 0.1) is 17.8 Å². The predicted octanol–water partition coefficient (Wildman–Crippen LogP) is 4.52. The number of rotatable bonds is 6. The Morgan fingerprint density at radius 3 is 2.55 bits per heavy atom. The van der Waals surface area contributed by atoms with Crippen molar-refractivity contribution in [2.45, 2.75) is 33.6 Å². The van der Waals surface area contributed by atoms with Gasteiger partial charge in [0.1, 0.15) is 5.82 Å². The van der Waals surface area contributed by atoms with Crippen molar-refractivity contribution >= 4 is 20.6 Å². The molecule has 1 rings (SSSR count). The molecule has 4 heteroatoms. The lowest BCUT2D eigenvalue weighted by Crippen LogP contribution is -2.35. The summed E-state index contributed by atoms with van der Waals surface area (Å²) < 4.78 is 6.31. The summed E-state index contributed by atoms with van der Waals surface area (Å²) in [5, 5.41) is 0. The first kappa shape index (κ1) is 19.1. The van der Waals surface area contributed by atoms with E-state index in [1.165, 1.54) is 0 Å². The number of aliphatic imine (C=N–C) groups is 1. The molecule has 1 saturated heterocycles. The molecule has 0 amide bonds. The average Bonchev–Trinajstić information content (AvgIpc) is 2.52. The van der Waals surface area contributed by atoms with E-state index in [4.69, 9.17) is 4.74 Å². The van der Waals surface area contributed by atoms with E-state index in [1.807, 2.05) is 32.9 Å². The summed E-state index contributed by atoms with van der Waals surface area (Å²) in [6, 6.07) is 0. The molecule has 0 aromatic rings. The van der Waals surface area contributed by atoms with Gasteiger partial charge >= 0.3 is 0 Å². The Hall–Kier alpha value is -0.870. The van der Waals surface area contributed by atoms with Gasteiger partial charge in [-0.3, -0.25) is 0 Å². The van der Waals surface area contributed by atoms with Crippen molar-refractivity contribution in [2.75, 3.05) is 26.3 Å². The Bertz CT molecular complexity index is 342. The summed E-state index contributed by atoms with van der Waals surface area (Å²) in [4.78, 5) is 6.89. The Balaban J connectivity index is 0.00000172. The van der Waals surface area contributed by atoms with Crippen LogP contribution in [0.5, 0.6) is 0 Å². The number of allylic oxidation sites excluding steroid dienone is 4. The number of halogens is 1. The minimum atomic E-state index is 0.771. The maximum Gasteiger partial charge on any atom is 0.125 e. The van der Waals surface area contributed by atoms with Crippen LogP contribution in [0.25, 0.3) is 0 Å². The fourth-order valence-corrected chi connectivity index (χ4v) is 1.98. The van der Waals surface area contributed by atoms with Crippen molar-refractivity contribution in [1.82, 2.24) is 4.90 Å².